The number of halogens is 1. The van der Waals surface area contributed by atoms with Crippen LogP contribution in [0.5, 0.6) is 0 Å². The van der Waals surface area contributed by atoms with Gasteiger partial charge in [-0.15, -0.1) is 0 Å². The van der Waals surface area contributed by atoms with Crippen molar-refractivity contribution in [3.05, 3.63) is 59.9 Å². The van der Waals surface area contributed by atoms with Gasteiger partial charge in [-0.1, -0.05) is 17.7 Å². The van der Waals surface area contributed by atoms with Crippen LogP contribution in [0.3, 0.4) is 0 Å². The van der Waals surface area contributed by atoms with Crippen LogP contribution in [-0.4, -0.2) is 39.5 Å². The highest BCUT2D eigenvalue weighted by atomic mass is 32.2. The van der Waals surface area contributed by atoms with Crippen molar-refractivity contribution in [1.82, 2.24) is 4.31 Å². The minimum Gasteiger partial charge on any atom is -0.223 e. The summed E-state index contributed by atoms with van der Waals surface area (Å²) >= 11 is 0. The average Bonchev–Trinajstić information content (AvgIpc) is 2.62. The summed E-state index contributed by atoms with van der Waals surface area (Å²) in [6.45, 7) is 2.05. The smallest absolute Gasteiger partial charge is 0.223 e. The number of hydrogen-bond acceptors (Lipinski definition) is 4. The Bertz CT molecular complexity index is 903. The van der Waals surface area contributed by atoms with Gasteiger partial charge in [0.1, 0.15) is 5.82 Å². The van der Waals surface area contributed by atoms with Gasteiger partial charge in [0.05, 0.1) is 15.0 Å². The molecule has 0 aliphatic carbocycles. The van der Waals surface area contributed by atoms with E-state index < -0.39 is 30.9 Å². The molecule has 2 aromatic rings. The first-order valence-electron chi connectivity index (χ1n) is 8.27. The monoisotopic (exact) mass is 397 g/mol. The van der Waals surface area contributed by atoms with Crippen molar-refractivity contribution in [2.24, 2.45) is 0 Å². The summed E-state index contributed by atoms with van der Waals surface area (Å²) in [6, 6.07) is 11.1. The Balaban J connectivity index is 1.87. The summed E-state index contributed by atoms with van der Waals surface area (Å²) in [4.78, 5) is 0.168. The fraction of sp³-hybridized carbons (Fsp3) is 0.333. The first-order valence-corrected chi connectivity index (χ1v) is 11.3. The largest absolute Gasteiger partial charge is 0.243 e. The summed E-state index contributed by atoms with van der Waals surface area (Å²) in [5.74, 6) is -0.517. The van der Waals surface area contributed by atoms with Gasteiger partial charge in [0.15, 0.2) is 9.84 Å². The molecule has 0 radical (unpaired) electrons. The van der Waals surface area contributed by atoms with Gasteiger partial charge in [-0.3, -0.25) is 0 Å². The third-order valence-electron chi connectivity index (χ3n) is 4.58. The number of nitrogens with zero attached hydrogens (tertiary/aromatic N) is 1. The number of aryl methyl sites for hydroxylation is 1. The first-order chi connectivity index (χ1) is 12.2. The minimum atomic E-state index is -3.75. The molecule has 0 bridgehead atoms. The molecule has 1 aliphatic heterocycles. The summed E-state index contributed by atoms with van der Waals surface area (Å²) in [7, 11) is -7.49. The molecule has 3 rings (SSSR count). The molecule has 1 fully saturated rings. The highest BCUT2D eigenvalue weighted by Crippen LogP contribution is 2.27. The molecule has 26 heavy (non-hydrogen) atoms. The molecule has 0 amide bonds. The summed E-state index contributed by atoms with van der Waals surface area (Å²) in [6.07, 6.45) is 0.829. The van der Waals surface area contributed by atoms with Crippen molar-refractivity contribution in [3.63, 3.8) is 0 Å². The van der Waals surface area contributed by atoms with Gasteiger partial charge >= 0.3 is 0 Å². The Morgan fingerprint density at radius 3 is 2.12 bits per heavy atom. The Labute approximate surface area is 153 Å². The Morgan fingerprint density at radius 1 is 0.923 bits per heavy atom. The third-order valence-corrected chi connectivity index (χ3v) is 8.65. The van der Waals surface area contributed by atoms with Crippen LogP contribution < -0.4 is 0 Å². The molecule has 0 saturated carbocycles. The number of hydrogen-bond donors (Lipinski definition) is 0. The predicted molar refractivity (Wildman–Crippen MR) is 96.5 cm³/mol. The van der Waals surface area contributed by atoms with E-state index >= 15 is 0 Å². The van der Waals surface area contributed by atoms with Crippen molar-refractivity contribution in [1.29, 1.82) is 0 Å². The van der Waals surface area contributed by atoms with Crippen LogP contribution >= 0.6 is 0 Å². The summed E-state index contributed by atoms with van der Waals surface area (Å²) in [5.41, 5.74) is 0.944. The summed E-state index contributed by atoms with van der Waals surface area (Å²) in [5, 5.41) is -0.845. The first kappa shape index (κ1) is 19.0. The SMILES string of the molecule is Cc1ccc(S(=O)(=O)N2CCCC(S(=O)(=O)c3ccc(F)cc3)C2)cc1. The maximum absolute atomic E-state index is 13.1. The Morgan fingerprint density at radius 2 is 1.50 bits per heavy atom. The third kappa shape index (κ3) is 3.67. The van der Waals surface area contributed by atoms with Crippen LogP contribution in [0.4, 0.5) is 4.39 Å². The van der Waals surface area contributed by atoms with E-state index in [0.29, 0.717) is 12.8 Å². The van der Waals surface area contributed by atoms with E-state index in [9.17, 15) is 21.2 Å². The molecule has 5 nitrogen and oxygen atoms in total. The number of sulfonamides is 1. The lowest BCUT2D eigenvalue weighted by atomic mass is 10.2. The lowest BCUT2D eigenvalue weighted by Crippen LogP contribution is -2.45. The van der Waals surface area contributed by atoms with Gasteiger partial charge < -0.3 is 0 Å². The predicted octanol–water partition coefficient (Wildman–Crippen LogP) is 2.76. The zero-order valence-corrected chi connectivity index (χ0v) is 15.9. The maximum atomic E-state index is 13.1. The highest BCUT2D eigenvalue weighted by molar-refractivity contribution is 7.92. The molecule has 8 heteroatoms. The van der Waals surface area contributed by atoms with Gasteiger partial charge in [-0.25, -0.2) is 21.2 Å². The molecule has 1 atom stereocenters. The number of rotatable bonds is 4. The lowest BCUT2D eigenvalue weighted by Gasteiger charge is -2.31. The zero-order valence-electron chi connectivity index (χ0n) is 14.3. The van der Waals surface area contributed by atoms with E-state index in [1.54, 1.807) is 12.1 Å². The van der Waals surface area contributed by atoms with Crippen LogP contribution in [-0.2, 0) is 19.9 Å². The number of benzene rings is 2. The van der Waals surface area contributed by atoms with Crippen molar-refractivity contribution in [2.75, 3.05) is 13.1 Å². The van der Waals surface area contributed by atoms with Crippen LogP contribution in [0.1, 0.15) is 18.4 Å². The number of piperidine rings is 1. The molecule has 1 heterocycles. The topological polar surface area (TPSA) is 71.5 Å². The molecule has 1 unspecified atom stereocenters. The van der Waals surface area contributed by atoms with Crippen LogP contribution in [0, 0.1) is 12.7 Å². The molecule has 0 spiro atoms. The quantitative estimate of drug-likeness (QED) is 0.744. The molecule has 140 valence electrons. The molecular weight excluding hydrogens is 377 g/mol. The fourth-order valence-corrected chi connectivity index (χ4v) is 6.42. The van der Waals surface area contributed by atoms with Crippen molar-refractivity contribution in [2.45, 2.75) is 34.8 Å². The molecule has 1 saturated heterocycles. The fourth-order valence-electron chi connectivity index (χ4n) is 3.05. The van der Waals surface area contributed by atoms with Crippen molar-refractivity contribution < 1.29 is 21.2 Å². The molecule has 0 N–H and O–H groups in total. The van der Waals surface area contributed by atoms with Crippen LogP contribution in [0.15, 0.2) is 58.3 Å². The van der Waals surface area contributed by atoms with Gasteiger partial charge in [0, 0.05) is 13.1 Å². The molecule has 0 aromatic heterocycles. The van der Waals surface area contributed by atoms with Gasteiger partial charge in [0.25, 0.3) is 0 Å². The van der Waals surface area contributed by atoms with Crippen LogP contribution in [0.25, 0.3) is 0 Å². The van der Waals surface area contributed by atoms with E-state index in [1.807, 2.05) is 6.92 Å². The number of sulfone groups is 1. The normalized spacial score (nSPS) is 19.4. The second-order valence-electron chi connectivity index (χ2n) is 6.44. The van der Waals surface area contributed by atoms with E-state index in [-0.39, 0.29) is 22.9 Å². The summed E-state index contributed by atoms with van der Waals surface area (Å²) < 4.78 is 65.6. The van der Waals surface area contributed by atoms with E-state index in [2.05, 4.69) is 0 Å². The minimum absolute atomic E-state index is 0.0125. The highest BCUT2D eigenvalue weighted by Gasteiger charge is 2.37. The second-order valence-corrected chi connectivity index (χ2v) is 10.6. The van der Waals surface area contributed by atoms with Gasteiger partial charge in [0.2, 0.25) is 10.0 Å². The Kier molecular flexibility index (Phi) is 5.18. The van der Waals surface area contributed by atoms with E-state index in [4.69, 9.17) is 0 Å². The second kappa shape index (κ2) is 7.09. The van der Waals surface area contributed by atoms with Gasteiger partial charge in [-0.05, 0) is 56.2 Å². The van der Waals surface area contributed by atoms with Crippen molar-refractivity contribution in [3.8, 4) is 0 Å². The standard InChI is InChI=1S/C18H20FNO4S2/c1-14-4-8-17(9-5-14)26(23,24)20-12-2-3-18(13-20)25(21,22)16-10-6-15(19)7-11-16/h4-11,18H,2-3,12-13H2,1H3. The maximum Gasteiger partial charge on any atom is 0.243 e. The molecule has 1 aliphatic rings. The lowest BCUT2D eigenvalue weighted by molar-refractivity contribution is 0.346. The van der Waals surface area contributed by atoms with Gasteiger partial charge in [-0.2, -0.15) is 4.31 Å². The molecular formula is C18H20FNO4S2. The van der Waals surface area contributed by atoms with Crippen molar-refractivity contribution >= 4 is 19.9 Å². The van der Waals surface area contributed by atoms with E-state index in [1.165, 1.54) is 28.6 Å². The zero-order chi connectivity index (χ0) is 18.9. The average molecular weight is 397 g/mol. The Hall–Kier alpha value is -1.77. The van der Waals surface area contributed by atoms with Crippen LogP contribution in [0.2, 0.25) is 0 Å². The molecule has 2 aromatic carbocycles. The van der Waals surface area contributed by atoms with E-state index in [0.717, 1.165) is 17.7 Å².